The number of anilines is 1. The molecule has 1 aromatic heterocycles. The highest BCUT2D eigenvalue weighted by Crippen LogP contribution is 2.25. The standard InChI is InChI=1S/C15H23N5O2/c1-10-18-12(13-9-17-4-7-22-13)8-14(19-10)20-5-2-11(3-6-20)15(16)21/h8,11,13,17H,2-7,9H2,1H3,(H2,16,21). The van der Waals surface area contributed by atoms with Crippen LogP contribution in [0.2, 0.25) is 0 Å². The Labute approximate surface area is 130 Å². The van der Waals surface area contributed by atoms with E-state index in [2.05, 4.69) is 20.2 Å². The first-order chi connectivity index (χ1) is 10.6. The van der Waals surface area contributed by atoms with Crippen molar-refractivity contribution in [2.45, 2.75) is 25.9 Å². The summed E-state index contributed by atoms with van der Waals surface area (Å²) >= 11 is 0. The van der Waals surface area contributed by atoms with E-state index in [9.17, 15) is 4.79 Å². The number of nitrogens with two attached hydrogens (primary N) is 1. The summed E-state index contributed by atoms with van der Waals surface area (Å²) in [6, 6.07) is 2.01. The van der Waals surface area contributed by atoms with Crippen molar-refractivity contribution >= 4 is 11.7 Å². The number of rotatable bonds is 3. The normalized spacial score (nSPS) is 23.5. The van der Waals surface area contributed by atoms with E-state index in [-0.39, 0.29) is 17.9 Å². The van der Waals surface area contributed by atoms with Gasteiger partial charge in [0.25, 0.3) is 0 Å². The molecule has 2 aliphatic heterocycles. The number of amides is 1. The lowest BCUT2D eigenvalue weighted by atomic mass is 9.96. The second kappa shape index (κ2) is 6.58. The largest absolute Gasteiger partial charge is 0.369 e. The molecular weight excluding hydrogens is 282 g/mol. The summed E-state index contributed by atoms with van der Waals surface area (Å²) in [5.41, 5.74) is 6.31. The quantitative estimate of drug-likeness (QED) is 0.825. The lowest BCUT2D eigenvalue weighted by molar-refractivity contribution is -0.122. The van der Waals surface area contributed by atoms with Crippen molar-refractivity contribution in [3.8, 4) is 0 Å². The molecule has 7 nitrogen and oxygen atoms in total. The summed E-state index contributed by atoms with van der Waals surface area (Å²) in [5, 5.41) is 3.32. The van der Waals surface area contributed by atoms with Gasteiger partial charge in [0, 0.05) is 38.2 Å². The number of carbonyl (C=O) groups is 1. The summed E-state index contributed by atoms with van der Waals surface area (Å²) in [5.74, 6) is 1.46. The van der Waals surface area contributed by atoms with Crippen LogP contribution in [0.4, 0.5) is 5.82 Å². The molecule has 3 heterocycles. The third-order valence-electron chi connectivity index (χ3n) is 4.32. The predicted octanol–water partition coefficient (Wildman–Crippen LogP) is 0.148. The van der Waals surface area contributed by atoms with Gasteiger partial charge in [-0.15, -0.1) is 0 Å². The number of nitrogens with zero attached hydrogens (tertiary/aromatic N) is 3. The number of aromatic nitrogens is 2. The molecule has 7 heteroatoms. The molecule has 3 N–H and O–H groups in total. The van der Waals surface area contributed by atoms with Gasteiger partial charge in [0.05, 0.1) is 12.3 Å². The average Bonchev–Trinajstić information content (AvgIpc) is 2.55. The van der Waals surface area contributed by atoms with E-state index in [1.54, 1.807) is 0 Å². The number of piperidine rings is 1. The summed E-state index contributed by atoms with van der Waals surface area (Å²) in [6.07, 6.45) is 1.56. The zero-order valence-corrected chi connectivity index (χ0v) is 12.9. The van der Waals surface area contributed by atoms with Crippen LogP contribution in [-0.2, 0) is 9.53 Å². The first-order valence-corrected chi connectivity index (χ1v) is 7.85. The number of carbonyl (C=O) groups excluding carboxylic acids is 1. The number of ether oxygens (including phenoxy) is 1. The van der Waals surface area contributed by atoms with Crippen molar-refractivity contribution in [3.63, 3.8) is 0 Å². The fourth-order valence-corrected chi connectivity index (χ4v) is 3.05. The lowest BCUT2D eigenvalue weighted by Crippen LogP contribution is -2.39. The van der Waals surface area contributed by atoms with E-state index in [1.807, 2.05) is 13.0 Å². The van der Waals surface area contributed by atoms with Gasteiger partial charge in [-0.2, -0.15) is 0 Å². The molecule has 0 aromatic carbocycles. The van der Waals surface area contributed by atoms with Crippen LogP contribution in [0.5, 0.6) is 0 Å². The second-order valence-electron chi connectivity index (χ2n) is 5.93. The molecule has 0 radical (unpaired) electrons. The zero-order valence-electron chi connectivity index (χ0n) is 12.9. The summed E-state index contributed by atoms with van der Waals surface area (Å²) in [7, 11) is 0. The number of hydrogen-bond donors (Lipinski definition) is 2. The predicted molar refractivity (Wildman–Crippen MR) is 82.5 cm³/mol. The Hall–Kier alpha value is -1.73. The lowest BCUT2D eigenvalue weighted by Gasteiger charge is -2.32. The third kappa shape index (κ3) is 3.36. The molecule has 0 spiro atoms. The summed E-state index contributed by atoms with van der Waals surface area (Å²) < 4.78 is 5.78. The maximum Gasteiger partial charge on any atom is 0.220 e. The first kappa shape index (κ1) is 15.2. The zero-order chi connectivity index (χ0) is 15.5. The number of aryl methyl sites for hydroxylation is 1. The van der Waals surface area contributed by atoms with Crippen LogP contribution < -0.4 is 16.0 Å². The number of hydrogen-bond acceptors (Lipinski definition) is 6. The fourth-order valence-electron chi connectivity index (χ4n) is 3.05. The first-order valence-electron chi connectivity index (χ1n) is 7.85. The van der Waals surface area contributed by atoms with Gasteiger partial charge in [0.1, 0.15) is 17.7 Å². The SMILES string of the molecule is Cc1nc(C2CNCCO2)cc(N2CCC(C(N)=O)CC2)n1. The molecule has 1 unspecified atom stereocenters. The van der Waals surface area contributed by atoms with Crippen molar-refractivity contribution in [3.05, 3.63) is 17.6 Å². The summed E-state index contributed by atoms with van der Waals surface area (Å²) in [4.78, 5) is 22.5. The Bertz CT molecular complexity index is 537. The summed E-state index contributed by atoms with van der Waals surface area (Å²) in [6.45, 7) is 5.86. The van der Waals surface area contributed by atoms with Crippen molar-refractivity contribution in [1.82, 2.24) is 15.3 Å². The molecule has 3 rings (SSSR count). The maximum atomic E-state index is 11.3. The molecule has 1 atom stereocenters. The number of morpholine rings is 1. The highest BCUT2D eigenvalue weighted by atomic mass is 16.5. The van der Waals surface area contributed by atoms with E-state index in [4.69, 9.17) is 10.5 Å². The topological polar surface area (TPSA) is 93.4 Å². The minimum absolute atomic E-state index is 0.00969. The molecule has 2 fully saturated rings. The maximum absolute atomic E-state index is 11.3. The molecule has 0 aliphatic carbocycles. The molecule has 22 heavy (non-hydrogen) atoms. The third-order valence-corrected chi connectivity index (χ3v) is 4.32. The Morgan fingerprint density at radius 1 is 1.41 bits per heavy atom. The Kier molecular flexibility index (Phi) is 4.54. The number of nitrogens with one attached hydrogen (secondary N) is 1. The van der Waals surface area contributed by atoms with E-state index >= 15 is 0 Å². The Morgan fingerprint density at radius 2 is 2.18 bits per heavy atom. The van der Waals surface area contributed by atoms with Crippen LogP contribution in [0.15, 0.2) is 6.07 Å². The molecule has 1 aromatic rings. The van der Waals surface area contributed by atoms with Crippen LogP contribution >= 0.6 is 0 Å². The monoisotopic (exact) mass is 305 g/mol. The van der Waals surface area contributed by atoms with E-state index in [0.29, 0.717) is 6.61 Å². The Morgan fingerprint density at radius 3 is 2.82 bits per heavy atom. The van der Waals surface area contributed by atoms with Crippen LogP contribution in [0, 0.1) is 12.8 Å². The van der Waals surface area contributed by atoms with Gasteiger partial charge in [-0.3, -0.25) is 4.79 Å². The van der Waals surface area contributed by atoms with Gasteiger partial charge in [-0.25, -0.2) is 9.97 Å². The molecular formula is C15H23N5O2. The van der Waals surface area contributed by atoms with Gasteiger partial charge in [0.15, 0.2) is 0 Å². The average molecular weight is 305 g/mol. The van der Waals surface area contributed by atoms with E-state index in [1.165, 1.54) is 0 Å². The van der Waals surface area contributed by atoms with Crippen LogP contribution in [-0.4, -0.2) is 48.7 Å². The number of primary amides is 1. The highest BCUT2D eigenvalue weighted by molar-refractivity contribution is 5.76. The van der Waals surface area contributed by atoms with Gasteiger partial charge in [-0.1, -0.05) is 0 Å². The van der Waals surface area contributed by atoms with E-state index < -0.39 is 0 Å². The van der Waals surface area contributed by atoms with E-state index in [0.717, 1.165) is 56.4 Å². The minimum Gasteiger partial charge on any atom is -0.369 e. The van der Waals surface area contributed by atoms with Crippen molar-refractivity contribution < 1.29 is 9.53 Å². The van der Waals surface area contributed by atoms with Gasteiger partial charge >= 0.3 is 0 Å². The van der Waals surface area contributed by atoms with Crippen LogP contribution in [0.25, 0.3) is 0 Å². The van der Waals surface area contributed by atoms with Gasteiger partial charge in [0.2, 0.25) is 5.91 Å². The molecule has 2 aliphatic rings. The van der Waals surface area contributed by atoms with Crippen molar-refractivity contribution in [2.75, 3.05) is 37.7 Å². The molecule has 0 bridgehead atoms. The second-order valence-corrected chi connectivity index (χ2v) is 5.93. The van der Waals surface area contributed by atoms with Crippen molar-refractivity contribution in [2.24, 2.45) is 11.7 Å². The molecule has 1 amide bonds. The highest BCUT2D eigenvalue weighted by Gasteiger charge is 2.25. The molecule has 2 saturated heterocycles. The molecule has 120 valence electrons. The fraction of sp³-hybridized carbons (Fsp3) is 0.667. The van der Waals surface area contributed by atoms with Gasteiger partial charge in [-0.05, 0) is 19.8 Å². The molecule has 0 saturated carbocycles. The van der Waals surface area contributed by atoms with Crippen LogP contribution in [0.3, 0.4) is 0 Å². The Balaban J connectivity index is 1.74. The minimum atomic E-state index is -0.194. The van der Waals surface area contributed by atoms with Gasteiger partial charge < -0.3 is 20.7 Å². The van der Waals surface area contributed by atoms with Crippen LogP contribution in [0.1, 0.15) is 30.5 Å². The smallest absolute Gasteiger partial charge is 0.220 e. The van der Waals surface area contributed by atoms with Crippen molar-refractivity contribution in [1.29, 1.82) is 0 Å².